The molecule has 4 nitrogen and oxygen atoms in total. The van der Waals surface area contributed by atoms with Crippen molar-refractivity contribution in [2.24, 2.45) is 22.7 Å². The average molecular weight is 264 g/mol. The summed E-state index contributed by atoms with van der Waals surface area (Å²) in [7, 11) is 0. The summed E-state index contributed by atoms with van der Waals surface area (Å²) in [5.74, 6) is 0.0319. The molecule has 2 bridgehead atoms. The molecule has 1 saturated carbocycles. The van der Waals surface area contributed by atoms with Gasteiger partial charge in [0.25, 0.3) is 0 Å². The number of allylic oxidation sites excluding steroid dienone is 1. The normalized spacial score (nSPS) is 45.3. The van der Waals surface area contributed by atoms with E-state index in [9.17, 15) is 14.7 Å². The van der Waals surface area contributed by atoms with E-state index < -0.39 is 10.8 Å². The molecule has 104 valence electrons. The van der Waals surface area contributed by atoms with E-state index in [0.717, 1.165) is 18.4 Å². The average Bonchev–Trinajstić information content (AvgIpc) is 2.37. The minimum Gasteiger partial charge on any atom is -0.464 e. The van der Waals surface area contributed by atoms with E-state index in [-0.39, 0.29) is 36.8 Å². The third-order valence-corrected chi connectivity index (χ3v) is 5.86. The highest BCUT2D eigenvalue weighted by Crippen LogP contribution is 2.62. The number of ketones is 1. The van der Waals surface area contributed by atoms with Crippen LogP contribution in [0.15, 0.2) is 11.6 Å². The van der Waals surface area contributed by atoms with E-state index in [1.54, 1.807) is 6.08 Å². The van der Waals surface area contributed by atoms with Crippen molar-refractivity contribution in [2.75, 3.05) is 13.2 Å². The number of aliphatic hydroxyl groups excluding tert-OH is 1. The molecular weight excluding hydrogens is 244 g/mol. The van der Waals surface area contributed by atoms with Crippen molar-refractivity contribution in [3.63, 3.8) is 0 Å². The van der Waals surface area contributed by atoms with Crippen molar-refractivity contribution in [2.45, 2.75) is 33.1 Å². The fourth-order valence-electron chi connectivity index (χ4n) is 4.51. The molecule has 3 aliphatic rings. The van der Waals surface area contributed by atoms with Crippen LogP contribution >= 0.6 is 0 Å². The largest absolute Gasteiger partial charge is 0.464 e. The Morgan fingerprint density at radius 2 is 2.21 bits per heavy atom. The molecule has 1 N–H and O–H groups in total. The second-order valence-corrected chi connectivity index (χ2v) is 6.43. The minimum atomic E-state index is -0.665. The third kappa shape index (κ3) is 1.38. The number of ether oxygens (including phenoxy) is 1. The summed E-state index contributed by atoms with van der Waals surface area (Å²) in [6.07, 6.45) is 3.58. The molecule has 1 aliphatic heterocycles. The molecule has 0 aromatic rings. The predicted molar refractivity (Wildman–Crippen MR) is 68.2 cm³/mol. The molecule has 2 aliphatic carbocycles. The molecule has 4 heteroatoms. The van der Waals surface area contributed by atoms with Crippen LogP contribution in [0.5, 0.6) is 0 Å². The lowest BCUT2D eigenvalue weighted by atomic mass is 9.46. The highest BCUT2D eigenvalue weighted by molar-refractivity contribution is 5.96. The minimum absolute atomic E-state index is 0.0194. The van der Waals surface area contributed by atoms with Crippen LogP contribution in [0.4, 0.5) is 0 Å². The van der Waals surface area contributed by atoms with Crippen LogP contribution in [0.1, 0.15) is 33.1 Å². The van der Waals surface area contributed by atoms with Gasteiger partial charge in [-0.3, -0.25) is 9.59 Å². The Labute approximate surface area is 112 Å². The molecule has 4 atom stereocenters. The number of rotatable bonds is 1. The zero-order chi connectivity index (χ0) is 13.8. The quantitative estimate of drug-likeness (QED) is 0.728. The molecule has 1 saturated heterocycles. The van der Waals surface area contributed by atoms with E-state index in [1.807, 2.05) is 6.92 Å². The Balaban J connectivity index is 2.19. The molecule has 0 unspecified atom stereocenters. The van der Waals surface area contributed by atoms with Gasteiger partial charge in [-0.15, -0.1) is 0 Å². The maximum absolute atomic E-state index is 12.4. The van der Waals surface area contributed by atoms with Gasteiger partial charge in [0.05, 0.1) is 18.6 Å². The summed E-state index contributed by atoms with van der Waals surface area (Å²) in [5.41, 5.74) is -0.290. The Hall–Kier alpha value is -1.16. The van der Waals surface area contributed by atoms with Crippen LogP contribution in [0.25, 0.3) is 0 Å². The van der Waals surface area contributed by atoms with Crippen molar-refractivity contribution in [1.82, 2.24) is 0 Å². The molecule has 19 heavy (non-hydrogen) atoms. The molecular formula is C15H20O4. The monoisotopic (exact) mass is 264 g/mol. The van der Waals surface area contributed by atoms with E-state index in [0.29, 0.717) is 6.42 Å². The predicted octanol–water partition coefficient (Wildman–Crippen LogP) is 1.47. The van der Waals surface area contributed by atoms with Gasteiger partial charge in [-0.1, -0.05) is 12.5 Å². The molecule has 3 rings (SSSR count). The standard InChI is InChI=1S/C15H20O4/c1-9-3-4-15-10(2)5-11(17)6-12(15)14(9,7-16)8-19-13(15)18/h5,9,12,16H,3-4,6-8H2,1-2H3/t9-,12-,14+,15+/m1/s1. The molecule has 0 amide bonds. The Bertz CT molecular complexity index is 481. The molecule has 0 aromatic carbocycles. The Morgan fingerprint density at radius 1 is 1.47 bits per heavy atom. The summed E-state index contributed by atoms with van der Waals surface area (Å²) in [5, 5.41) is 9.94. The molecule has 0 aromatic heterocycles. The van der Waals surface area contributed by atoms with Gasteiger partial charge in [0.2, 0.25) is 0 Å². The van der Waals surface area contributed by atoms with Gasteiger partial charge in [-0.2, -0.15) is 0 Å². The first-order chi connectivity index (χ1) is 8.97. The first-order valence-electron chi connectivity index (χ1n) is 6.97. The lowest BCUT2D eigenvalue weighted by Crippen LogP contribution is -2.64. The highest BCUT2D eigenvalue weighted by Gasteiger charge is 2.65. The summed E-state index contributed by atoms with van der Waals surface area (Å²) in [4.78, 5) is 24.3. The third-order valence-electron chi connectivity index (χ3n) is 5.86. The summed E-state index contributed by atoms with van der Waals surface area (Å²) in [6.45, 7) is 4.18. The second-order valence-electron chi connectivity index (χ2n) is 6.43. The lowest BCUT2D eigenvalue weighted by Gasteiger charge is -2.60. The SMILES string of the molecule is CC1=CC(=O)C[C@H]2[C@]13CC[C@@H](C)[C@]2(CO)COC3=O. The van der Waals surface area contributed by atoms with Gasteiger partial charge in [-0.25, -0.2) is 0 Å². The number of carbonyl (C=O) groups is 2. The van der Waals surface area contributed by atoms with Crippen LogP contribution in [0.3, 0.4) is 0 Å². The number of carbonyl (C=O) groups excluding carboxylic acids is 2. The van der Waals surface area contributed by atoms with Crippen LogP contribution in [-0.4, -0.2) is 30.1 Å². The zero-order valence-corrected chi connectivity index (χ0v) is 11.4. The second kappa shape index (κ2) is 3.92. The van der Waals surface area contributed by atoms with Gasteiger partial charge < -0.3 is 9.84 Å². The van der Waals surface area contributed by atoms with Crippen molar-refractivity contribution >= 4 is 11.8 Å². The van der Waals surface area contributed by atoms with Gasteiger partial charge in [0.1, 0.15) is 0 Å². The van der Waals surface area contributed by atoms with Crippen LogP contribution in [-0.2, 0) is 14.3 Å². The maximum atomic E-state index is 12.4. The number of hydrogen-bond acceptors (Lipinski definition) is 4. The maximum Gasteiger partial charge on any atom is 0.316 e. The van der Waals surface area contributed by atoms with E-state index in [1.165, 1.54) is 0 Å². The fourth-order valence-corrected chi connectivity index (χ4v) is 4.51. The summed E-state index contributed by atoms with van der Waals surface area (Å²) >= 11 is 0. The Kier molecular flexibility index (Phi) is 2.65. The van der Waals surface area contributed by atoms with Crippen molar-refractivity contribution in [3.8, 4) is 0 Å². The van der Waals surface area contributed by atoms with Crippen LogP contribution in [0, 0.1) is 22.7 Å². The molecule has 2 fully saturated rings. The van der Waals surface area contributed by atoms with E-state index in [4.69, 9.17) is 4.74 Å². The number of hydrogen-bond donors (Lipinski definition) is 1. The van der Waals surface area contributed by atoms with Gasteiger partial charge in [0.15, 0.2) is 5.78 Å². The first kappa shape index (κ1) is 12.9. The molecule has 0 radical (unpaired) electrons. The number of aliphatic hydroxyl groups is 1. The first-order valence-corrected chi connectivity index (χ1v) is 6.97. The van der Waals surface area contributed by atoms with Crippen molar-refractivity contribution in [1.29, 1.82) is 0 Å². The Morgan fingerprint density at radius 3 is 2.89 bits per heavy atom. The van der Waals surface area contributed by atoms with Crippen LogP contribution < -0.4 is 0 Å². The van der Waals surface area contributed by atoms with Crippen LogP contribution in [0.2, 0.25) is 0 Å². The van der Waals surface area contributed by atoms with Gasteiger partial charge in [0, 0.05) is 11.8 Å². The molecule has 0 spiro atoms. The number of esters is 1. The van der Waals surface area contributed by atoms with Gasteiger partial charge in [-0.05, 0) is 37.7 Å². The molecule has 1 heterocycles. The topological polar surface area (TPSA) is 63.6 Å². The number of cyclic esters (lactones) is 1. The smallest absolute Gasteiger partial charge is 0.316 e. The van der Waals surface area contributed by atoms with E-state index in [2.05, 4.69) is 6.92 Å². The van der Waals surface area contributed by atoms with Crippen molar-refractivity contribution in [3.05, 3.63) is 11.6 Å². The zero-order valence-electron chi connectivity index (χ0n) is 11.4. The summed E-state index contributed by atoms with van der Waals surface area (Å²) in [6, 6.07) is 0. The summed E-state index contributed by atoms with van der Waals surface area (Å²) < 4.78 is 5.42. The van der Waals surface area contributed by atoms with Crippen molar-refractivity contribution < 1.29 is 19.4 Å². The van der Waals surface area contributed by atoms with Gasteiger partial charge >= 0.3 is 5.97 Å². The fraction of sp³-hybridized carbons (Fsp3) is 0.733. The highest BCUT2D eigenvalue weighted by atomic mass is 16.5. The van der Waals surface area contributed by atoms with E-state index >= 15 is 0 Å². The lowest BCUT2D eigenvalue weighted by molar-refractivity contribution is -0.209.